The van der Waals surface area contributed by atoms with Crippen molar-refractivity contribution in [3.05, 3.63) is 115 Å². The summed E-state index contributed by atoms with van der Waals surface area (Å²) >= 11 is 16.3. The monoisotopic (exact) mass is 661 g/mol. The van der Waals surface area contributed by atoms with Gasteiger partial charge in [0.2, 0.25) is 12.6 Å². The number of nitrogens with zero attached hydrogens (tertiary/aromatic N) is 3. The topological polar surface area (TPSA) is 88.1 Å². The van der Waals surface area contributed by atoms with E-state index in [1.165, 1.54) is 10.9 Å². The minimum atomic E-state index is -0.348. The summed E-state index contributed by atoms with van der Waals surface area (Å²) in [5, 5.41) is 6.65. The Balaban J connectivity index is 1.22. The molecule has 0 unspecified atom stereocenters. The third-order valence-electron chi connectivity index (χ3n) is 6.62. The van der Waals surface area contributed by atoms with Crippen LogP contribution in [-0.4, -0.2) is 22.7 Å². The van der Waals surface area contributed by atoms with Crippen LogP contribution in [0.3, 0.4) is 0 Å². The van der Waals surface area contributed by atoms with Crippen LogP contribution in [0.1, 0.15) is 11.1 Å². The Kier molecular flexibility index (Phi) is 6.85. The van der Waals surface area contributed by atoms with Crippen molar-refractivity contribution >= 4 is 67.2 Å². The van der Waals surface area contributed by atoms with Gasteiger partial charge in [-0.05, 0) is 87.7 Å². The lowest BCUT2D eigenvalue weighted by Crippen LogP contribution is -2.20. The van der Waals surface area contributed by atoms with E-state index in [4.69, 9.17) is 46.8 Å². The molecule has 7 rings (SSSR count). The van der Waals surface area contributed by atoms with Crippen molar-refractivity contribution in [2.45, 2.75) is 6.61 Å². The Labute approximate surface area is 256 Å². The second-order valence-electron chi connectivity index (χ2n) is 9.40. The Morgan fingerprint density at radius 2 is 1.86 bits per heavy atom. The molecule has 0 bridgehead atoms. The van der Waals surface area contributed by atoms with Crippen molar-refractivity contribution in [1.82, 2.24) is 9.66 Å². The van der Waals surface area contributed by atoms with E-state index in [0.29, 0.717) is 59.6 Å². The van der Waals surface area contributed by atoms with Crippen LogP contribution in [0.4, 0.5) is 0 Å². The van der Waals surface area contributed by atoms with E-state index in [1.807, 2.05) is 24.3 Å². The van der Waals surface area contributed by atoms with Gasteiger partial charge in [-0.1, -0.05) is 41.4 Å². The van der Waals surface area contributed by atoms with Crippen LogP contribution in [-0.2, 0) is 6.61 Å². The smallest absolute Gasteiger partial charge is 0.282 e. The summed E-state index contributed by atoms with van der Waals surface area (Å²) in [6, 6.07) is 23.3. The molecule has 1 aliphatic rings. The number of hydrogen-bond acceptors (Lipinski definition) is 7. The van der Waals surface area contributed by atoms with E-state index in [1.54, 1.807) is 54.6 Å². The number of rotatable bonds is 6. The number of ether oxygens (including phenoxy) is 3. The molecule has 0 N–H and O–H groups in total. The van der Waals surface area contributed by atoms with Crippen molar-refractivity contribution in [1.29, 1.82) is 0 Å². The number of para-hydroxylation sites is 1. The second kappa shape index (κ2) is 10.8. The van der Waals surface area contributed by atoms with Crippen molar-refractivity contribution in [3.63, 3.8) is 0 Å². The molecule has 1 aliphatic heterocycles. The van der Waals surface area contributed by atoms with Gasteiger partial charge in [-0.25, -0.2) is 4.98 Å². The lowest BCUT2D eigenvalue weighted by atomic mass is 10.2. The molecule has 4 aromatic carbocycles. The minimum Gasteiger partial charge on any atom is -0.486 e. The zero-order valence-corrected chi connectivity index (χ0v) is 24.6. The van der Waals surface area contributed by atoms with Crippen LogP contribution < -0.4 is 19.8 Å². The number of hydrogen-bond donors (Lipinski definition) is 0. The summed E-state index contributed by atoms with van der Waals surface area (Å²) in [5.74, 6) is 2.47. The molecule has 11 heteroatoms. The maximum Gasteiger partial charge on any atom is 0.282 e. The first-order valence-corrected chi connectivity index (χ1v) is 14.2. The van der Waals surface area contributed by atoms with Gasteiger partial charge in [-0.2, -0.15) is 9.78 Å². The van der Waals surface area contributed by atoms with Crippen LogP contribution in [0.2, 0.25) is 10.0 Å². The molecule has 208 valence electrons. The first-order valence-electron chi connectivity index (χ1n) is 12.7. The van der Waals surface area contributed by atoms with Gasteiger partial charge in [0.15, 0.2) is 23.0 Å². The van der Waals surface area contributed by atoms with E-state index in [2.05, 4.69) is 21.0 Å². The van der Waals surface area contributed by atoms with Gasteiger partial charge in [0.05, 0.1) is 26.6 Å². The summed E-state index contributed by atoms with van der Waals surface area (Å²) in [7, 11) is 0. The van der Waals surface area contributed by atoms with Crippen molar-refractivity contribution in [2.24, 2.45) is 5.10 Å². The lowest BCUT2D eigenvalue weighted by molar-refractivity contribution is 0.174. The molecule has 0 radical (unpaired) electrons. The third-order valence-corrected chi connectivity index (χ3v) is 7.72. The second-order valence-corrected chi connectivity index (χ2v) is 11.1. The fourth-order valence-corrected chi connectivity index (χ4v) is 5.79. The highest BCUT2D eigenvalue weighted by Crippen LogP contribution is 2.37. The largest absolute Gasteiger partial charge is 0.486 e. The van der Waals surface area contributed by atoms with Crippen molar-refractivity contribution in [2.75, 3.05) is 6.79 Å². The van der Waals surface area contributed by atoms with Crippen molar-refractivity contribution < 1.29 is 18.6 Å². The number of aromatic nitrogens is 2. The fourth-order valence-electron chi connectivity index (χ4n) is 4.62. The first kappa shape index (κ1) is 26.6. The minimum absolute atomic E-state index is 0.204. The highest BCUT2D eigenvalue weighted by molar-refractivity contribution is 9.10. The van der Waals surface area contributed by atoms with E-state index in [-0.39, 0.29) is 24.8 Å². The normalized spacial score (nSPS) is 12.5. The maximum atomic E-state index is 13.6. The van der Waals surface area contributed by atoms with Crippen LogP contribution >= 0.6 is 39.1 Å². The highest BCUT2D eigenvalue weighted by atomic mass is 79.9. The zero-order chi connectivity index (χ0) is 28.8. The van der Waals surface area contributed by atoms with Crippen LogP contribution in [0.15, 0.2) is 97.6 Å². The molecule has 42 heavy (non-hydrogen) atoms. The quantitative estimate of drug-likeness (QED) is 0.168. The van der Waals surface area contributed by atoms with Crippen LogP contribution in [0, 0.1) is 0 Å². The molecular weight excluding hydrogens is 645 g/mol. The molecule has 0 saturated carbocycles. The van der Waals surface area contributed by atoms with Crippen molar-refractivity contribution in [3.8, 4) is 28.8 Å². The summed E-state index contributed by atoms with van der Waals surface area (Å²) in [6.45, 7) is 0.475. The first-order chi connectivity index (χ1) is 20.4. The molecule has 0 atom stereocenters. The highest BCUT2D eigenvalue weighted by Gasteiger charge is 2.18. The molecule has 2 aromatic heterocycles. The summed E-state index contributed by atoms with van der Waals surface area (Å²) in [6.07, 6.45) is 1.53. The van der Waals surface area contributed by atoms with E-state index in [9.17, 15) is 4.79 Å². The van der Waals surface area contributed by atoms with Crippen LogP contribution in [0.5, 0.6) is 17.2 Å². The predicted octanol–water partition coefficient (Wildman–Crippen LogP) is 8.07. The Morgan fingerprint density at radius 1 is 1.00 bits per heavy atom. The molecule has 3 heterocycles. The molecule has 8 nitrogen and oxygen atoms in total. The number of halogens is 3. The number of furan rings is 1. The van der Waals surface area contributed by atoms with Gasteiger partial charge in [0.1, 0.15) is 12.2 Å². The molecule has 0 amide bonds. The molecule has 0 aliphatic carbocycles. The average Bonchev–Trinajstić information content (AvgIpc) is 3.62. The van der Waals surface area contributed by atoms with Crippen LogP contribution in [0.25, 0.3) is 33.5 Å². The van der Waals surface area contributed by atoms with Gasteiger partial charge in [0.25, 0.3) is 5.56 Å². The SMILES string of the molecule is O=c1c2ccccc2nc(-c2cc3cc(Cl)ccc3o2)n1N=Cc1cc(Cl)c(OCc2ccc3c(c2)OCO3)c(Br)c1. The summed E-state index contributed by atoms with van der Waals surface area (Å²) in [5.41, 5.74) is 2.32. The zero-order valence-electron chi connectivity index (χ0n) is 21.5. The fraction of sp³-hybridized carbons (Fsp3) is 0.0645. The van der Waals surface area contributed by atoms with E-state index >= 15 is 0 Å². The maximum absolute atomic E-state index is 13.6. The summed E-state index contributed by atoms with van der Waals surface area (Å²) < 4.78 is 24.7. The third kappa shape index (κ3) is 5.00. The molecule has 0 saturated heterocycles. The molecular formula is C31H18BrCl2N3O5. The van der Waals surface area contributed by atoms with Gasteiger partial charge in [0, 0.05) is 10.4 Å². The molecule has 0 spiro atoms. The molecule has 0 fully saturated rings. The molecule has 6 aromatic rings. The predicted molar refractivity (Wildman–Crippen MR) is 165 cm³/mol. The van der Waals surface area contributed by atoms with E-state index < -0.39 is 0 Å². The average molecular weight is 663 g/mol. The number of fused-ring (bicyclic) bond motifs is 3. The van der Waals surface area contributed by atoms with E-state index in [0.717, 1.165) is 10.9 Å². The van der Waals surface area contributed by atoms with Gasteiger partial charge < -0.3 is 18.6 Å². The Morgan fingerprint density at radius 3 is 2.74 bits per heavy atom. The Hall–Kier alpha value is -4.31. The van der Waals surface area contributed by atoms with Gasteiger partial charge in [-0.3, -0.25) is 4.79 Å². The number of benzene rings is 4. The lowest BCUT2D eigenvalue weighted by Gasteiger charge is -2.12. The Bertz CT molecular complexity index is 2080. The summed E-state index contributed by atoms with van der Waals surface area (Å²) in [4.78, 5) is 18.3. The van der Waals surface area contributed by atoms with Gasteiger partial charge in [-0.15, -0.1) is 0 Å². The van der Waals surface area contributed by atoms with Gasteiger partial charge >= 0.3 is 0 Å². The standard InChI is InChI=1S/C31H18BrCl2N3O5/c32-22-9-18(10-23(34)29(22)39-15-17-5-7-26-27(11-17)41-16-40-26)14-35-37-30(36-24-4-2-1-3-21(24)31(37)38)28-13-19-12-20(33)6-8-25(19)42-28/h1-14H,15-16H2.